The number of unbranched alkanes of at least 4 members (excludes halogenated alkanes) is 1. The molecule has 0 saturated heterocycles. The molecule has 3 heteroatoms. The maximum absolute atomic E-state index is 11.5. The fraction of sp³-hybridized carbons (Fsp3) is 0.417. The number of esters is 1. The van der Waals surface area contributed by atoms with Crippen LogP contribution in [0.15, 0.2) is 18.2 Å². The summed E-state index contributed by atoms with van der Waals surface area (Å²) in [6.45, 7) is 4.23. The minimum Gasteiger partial charge on any atom is -0.462 e. The van der Waals surface area contributed by atoms with Gasteiger partial charge in [-0.3, -0.25) is 5.11 Å². The van der Waals surface area contributed by atoms with Gasteiger partial charge in [-0.25, -0.2) is 4.79 Å². The van der Waals surface area contributed by atoms with Crippen LogP contribution in [-0.4, -0.2) is 12.6 Å². The summed E-state index contributed by atoms with van der Waals surface area (Å²) < 4.78 is 5.03. The Morgan fingerprint density at radius 1 is 1.40 bits per heavy atom. The van der Waals surface area contributed by atoms with Crippen molar-refractivity contribution >= 4 is 5.97 Å². The van der Waals surface area contributed by atoms with Crippen molar-refractivity contribution in [3.8, 4) is 5.75 Å². The highest BCUT2D eigenvalue weighted by Gasteiger charge is 2.11. The Morgan fingerprint density at radius 3 is 2.80 bits per heavy atom. The van der Waals surface area contributed by atoms with E-state index in [1.807, 2.05) is 6.92 Å². The molecule has 1 rings (SSSR count). The number of hydrogen-bond acceptors (Lipinski definition) is 2. The molecule has 0 fully saturated rings. The molecule has 0 unspecified atom stereocenters. The molecule has 1 radical (unpaired) electrons. The third-order valence-corrected chi connectivity index (χ3v) is 2.16. The second kappa shape index (κ2) is 5.39. The molecule has 0 atom stereocenters. The van der Waals surface area contributed by atoms with Gasteiger partial charge in [-0.05, 0) is 25.0 Å². The standard InChI is InChI=1S/C12H15O3/c1-3-4-7-15-12(14)11-8-10(13)6-5-9(11)2/h5-6,8H,3-4,7H2,1-2H3. The van der Waals surface area contributed by atoms with Gasteiger partial charge in [0.1, 0.15) is 0 Å². The van der Waals surface area contributed by atoms with Crippen LogP contribution in [0.1, 0.15) is 35.7 Å². The fourth-order valence-electron chi connectivity index (χ4n) is 1.21. The van der Waals surface area contributed by atoms with E-state index in [-0.39, 0.29) is 5.75 Å². The number of rotatable bonds is 4. The normalized spacial score (nSPS) is 10.0. The maximum Gasteiger partial charge on any atom is 0.338 e. The minimum absolute atomic E-state index is 0.164. The minimum atomic E-state index is -0.404. The van der Waals surface area contributed by atoms with Crippen LogP contribution in [-0.2, 0) is 9.84 Å². The van der Waals surface area contributed by atoms with Crippen molar-refractivity contribution in [3.05, 3.63) is 29.3 Å². The molecule has 0 aromatic heterocycles. The predicted octanol–water partition coefficient (Wildman–Crippen LogP) is 3.10. The molecule has 15 heavy (non-hydrogen) atoms. The van der Waals surface area contributed by atoms with E-state index in [1.165, 1.54) is 12.1 Å². The van der Waals surface area contributed by atoms with Gasteiger partial charge in [0.25, 0.3) is 0 Å². The van der Waals surface area contributed by atoms with E-state index in [1.54, 1.807) is 13.0 Å². The van der Waals surface area contributed by atoms with Gasteiger partial charge in [0.15, 0.2) is 5.75 Å². The summed E-state index contributed by atoms with van der Waals surface area (Å²) in [4.78, 5) is 11.5. The highest BCUT2D eigenvalue weighted by molar-refractivity contribution is 5.91. The van der Waals surface area contributed by atoms with Crippen LogP contribution in [0, 0.1) is 6.92 Å². The average molecular weight is 207 g/mol. The quantitative estimate of drug-likeness (QED) is 0.562. The Morgan fingerprint density at radius 2 is 2.13 bits per heavy atom. The number of hydrogen-bond donors (Lipinski definition) is 0. The third-order valence-electron chi connectivity index (χ3n) is 2.16. The smallest absolute Gasteiger partial charge is 0.338 e. The first-order valence-electron chi connectivity index (χ1n) is 5.10. The van der Waals surface area contributed by atoms with Gasteiger partial charge >= 0.3 is 5.97 Å². The fourth-order valence-corrected chi connectivity index (χ4v) is 1.21. The molecule has 0 spiro atoms. The topological polar surface area (TPSA) is 46.2 Å². The van der Waals surface area contributed by atoms with Crippen molar-refractivity contribution in [1.29, 1.82) is 0 Å². The van der Waals surface area contributed by atoms with Gasteiger partial charge < -0.3 is 4.74 Å². The van der Waals surface area contributed by atoms with Gasteiger partial charge in [0.05, 0.1) is 12.2 Å². The first-order chi connectivity index (χ1) is 7.15. The first-order valence-corrected chi connectivity index (χ1v) is 5.10. The van der Waals surface area contributed by atoms with Crippen molar-refractivity contribution in [2.45, 2.75) is 26.7 Å². The zero-order valence-electron chi connectivity index (χ0n) is 9.08. The molecule has 1 aromatic carbocycles. The number of carbonyl (C=O) groups excluding carboxylic acids is 1. The monoisotopic (exact) mass is 207 g/mol. The number of carbonyl (C=O) groups is 1. The van der Waals surface area contributed by atoms with E-state index in [0.717, 1.165) is 18.4 Å². The van der Waals surface area contributed by atoms with Crippen molar-refractivity contribution in [1.82, 2.24) is 0 Å². The summed E-state index contributed by atoms with van der Waals surface area (Å²) in [6.07, 6.45) is 1.83. The summed E-state index contributed by atoms with van der Waals surface area (Å²) in [5, 5.41) is 11.1. The molecule has 0 aliphatic heterocycles. The number of ether oxygens (including phenoxy) is 1. The van der Waals surface area contributed by atoms with E-state index in [4.69, 9.17) is 4.74 Å². The zero-order chi connectivity index (χ0) is 11.3. The zero-order valence-corrected chi connectivity index (χ0v) is 9.08. The molecule has 0 N–H and O–H groups in total. The van der Waals surface area contributed by atoms with Crippen molar-refractivity contribution in [3.63, 3.8) is 0 Å². The van der Waals surface area contributed by atoms with Crippen LogP contribution in [0.25, 0.3) is 0 Å². The largest absolute Gasteiger partial charge is 0.462 e. The van der Waals surface area contributed by atoms with Crippen LogP contribution in [0.3, 0.4) is 0 Å². The number of benzene rings is 1. The Hall–Kier alpha value is -1.51. The third kappa shape index (κ3) is 3.27. The average Bonchev–Trinajstić information content (AvgIpc) is 2.22. The Labute approximate surface area is 89.7 Å². The highest BCUT2D eigenvalue weighted by atomic mass is 16.5. The second-order valence-corrected chi connectivity index (χ2v) is 3.47. The predicted molar refractivity (Wildman–Crippen MR) is 56.5 cm³/mol. The summed E-state index contributed by atoms with van der Waals surface area (Å²) in [7, 11) is 0. The lowest BCUT2D eigenvalue weighted by molar-refractivity contribution is 0.0498. The van der Waals surface area contributed by atoms with Gasteiger partial charge in [-0.15, -0.1) is 0 Å². The van der Waals surface area contributed by atoms with E-state index in [2.05, 4.69) is 0 Å². The summed E-state index contributed by atoms with van der Waals surface area (Å²) in [5.41, 5.74) is 1.15. The highest BCUT2D eigenvalue weighted by Crippen LogP contribution is 2.17. The summed E-state index contributed by atoms with van der Waals surface area (Å²) in [5.74, 6) is -0.568. The van der Waals surface area contributed by atoms with Crippen molar-refractivity contribution < 1.29 is 14.6 Å². The molecule has 0 amide bonds. The lowest BCUT2D eigenvalue weighted by atomic mass is 10.1. The molecule has 3 nitrogen and oxygen atoms in total. The molecule has 0 bridgehead atoms. The van der Waals surface area contributed by atoms with Crippen LogP contribution in [0.4, 0.5) is 0 Å². The molecule has 0 aliphatic rings. The lowest BCUT2D eigenvalue weighted by Crippen LogP contribution is -2.07. The van der Waals surface area contributed by atoms with Crippen molar-refractivity contribution in [2.75, 3.05) is 6.61 Å². The van der Waals surface area contributed by atoms with Crippen LogP contribution < -0.4 is 0 Å². The molecular weight excluding hydrogens is 192 g/mol. The van der Waals surface area contributed by atoms with Gasteiger partial charge in [0.2, 0.25) is 0 Å². The molecule has 0 saturated carbocycles. The molecule has 0 aliphatic carbocycles. The van der Waals surface area contributed by atoms with E-state index in [9.17, 15) is 9.90 Å². The van der Waals surface area contributed by atoms with E-state index >= 15 is 0 Å². The number of aryl methyl sites for hydroxylation is 1. The van der Waals surface area contributed by atoms with Gasteiger partial charge in [-0.2, -0.15) is 0 Å². The first kappa shape index (κ1) is 11.6. The van der Waals surface area contributed by atoms with Crippen molar-refractivity contribution in [2.24, 2.45) is 0 Å². The SMILES string of the molecule is CCCCOC(=O)c1cc([O])ccc1C. The van der Waals surface area contributed by atoms with E-state index in [0.29, 0.717) is 12.2 Å². The van der Waals surface area contributed by atoms with Crippen LogP contribution in [0.5, 0.6) is 5.75 Å². The lowest BCUT2D eigenvalue weighted by Gasteiger charge is -2.06. The van der Waals surface area contributed by atoms with Gasteiger partial charge in [-0.1, -0.05) is 19.4 Å². The Bertz CT molecular complexity index is 345. The van der Waals surface area contributed by atoms with Crippen LogP contribution >= 0.6 is 0 Å². The molecule has 1 aromatic rings. The van der Waals surface area contributed by atoms with Gasteiger partial charge in [0, 0.05) is 6.07 Å². The van der Waals surface area contributed by atoms with E-state index < -0.39 is 5.97 Å². The molecular formula is C12H15O3. The second-order valence-electron chi connectivity index (χ2n) is 3.47. The van der Waals surface area contributed by atoms with Crippen LogP contribution in [0.2, 0.25) is 0 Å². The Balaban J connectivity index is 2.68. The Kier molecular flexibility index (Phi) is 4.16. The molecule has 81 valence electrons. The summed E-state index contributed by atoms with van der Waals surface area (Å²) in [6, 6.07) is 4.40. The molecule has 0 heterocycles. The summed E-state index contributed by atoms with van der Waals surface area (Å²) >= 11 is 0. The maximum atomic E-state index is 11.5.